The average Bonchev–Trinajstić information content (AvgIpc) is 2.84. The van der Waals surface area contributed by atoms with E-state index in [0.717, 1.165) is 26.1 Å². The lowest BCUT2D eigenvalue weighted by atomic mass is 9.94. The first-order valence-electron chi connectivity index (χ1n) is 11.5. The number of rotatable bonds is 6. The van der Waals surface area contributed by atoms with Gasteiger partial charge in [0.05, 0.1) is 0 Å². The van der Waals surface area contributed by atoms with Gasteiger partial charge in [-0.2, -0.15) is 0 Å². The molecule has 0 spiro atoms. The molecule has 0 aliphatic carbocycles. The maximum absolute atomic E-state index is 2.49. The fourth-order valence-electron chi connectivity index (χ4n) is 4.70. The molecule has 0 radical (unpaired) electrons. The van der Waals surface area contributed by atoms with E-state index in [1.165, 1.54) is 45.1 Å². The fraction of sp³-hybridized carbons (Fsp3) is 0.200. The summed E-state index contributed by atoms with van der Waals surface area (Å²) in [6.07, 6.45) is 4.69. The highest BCUT2D eigenvalue weighted by Crippen LogP contribution is 2.33. The van der Waals surface area contributed by atoms with E-state index >= 15 is 0 Å². The van der Waals surface area contributed by atoms with Crippen molar-refractivity contribution in [1.82, 2.24) is 4.90 Å². The van der Waals surface area contributed by atoms with Crippen LogP contribution in [0.2, 0.25) is 0 Å². The molecule has 4 aromatic rings. The summed E-state index contributed by atoms with van der Waals surface area (Å²) in [7, 11) is 2.18. The van der Waals surface area contributed by atoms with Crippen molar-refractivity contribution in [3.05, 3.63) is 120 Å². The largest absolute Gasteiger partial charge is 0.380 e. The molecule has 0 atom stereocenters. The van der Waals surface area contributed by atoms with Crippen molar-refractivity contribution in [3.8, 4) is 0 Å². The zero-order valence-electron chi connectivity index (χ0n) is 18.7. The normalized spacial score (nSPS) is 13.8. The molecule has 0 unspecified atom stereocenters. The lowest BCUT2D eigenvalue weighted by molar-refractivity contribution is 0.431. The lowest BCUT2D eigenvalue weighted by Crippen LogP contribution is -2.22. The number of nitrogens with zero attached hydrogens (tertiary/aromatic N) is 2. The maximum Gasteiger partial charge on any atom is 0.0433 e. The first-order valence-corrected chi connectivity index (χ1v) is 11.5. The second-order valence-electron chi connectivity index (χ2n) is 8.78. The molecular formula is C30H30N2. The molecule has 0 amide bonds. The minimum Gasteiger partial charge on any atom is -0.380 e. The molecular weight excluding hydrogens is 388 g/mol. The Kier molecular flexibility index (Phi) is 5.93. The van der Waals surface area contributed by atoms with Crippen molar-refractivity contribution >= 4 is 22.0 Å². The van der Waals surface area contributed by atoms with Gasteiger partial charge >= 0.3 is 0 Å². The Bertz CT molecular complexity index is 1170. The third-order valence-corrected chi connectivity index (χ3v) is 6.34. The molecule has 4 aromatic carbocycles. The number of allylic oxidation sites excluding steroid dienone is 1. The number of fused-ring (bicyclic) bond motifs is 1. The standard InChI is InChI=1S/C30H30N2/c1-31-19-9-15-27(23-31)29-16-8-14-26-17-18-28(20-30(26)29)32(21-24-10-4-2-5-11-24)22-25-12-6-3-7-13-25/h2-8,10-14,16-18,20,23H,9,15,19,21-22H2,1H3. The van der Waals surface area contributed by atoms with Gasteiger partial charge in [0.25, 0.3) is 0 Å². The van der Waals surface area contributed by atoms with Crippen LogP contribution in [-0.2, 0) is 13.1 Å². The first kappa shape index (κ1) is 20.4. The topological polar surface area (TPSA) is 6.48 Å². The molecule has 1 heterocycles. The predicted molar refractivity (Wildman–Crippen MR) is 137 cm³/mol. The van der Waals surface area contributed by atoms with E-state index < -0.39 is 0 Å². The molecule has 0 fully saturated rings. The summed E-state index contributed by atoms with van der Waals surface area (Å²) in [5.41, 5.74) is 6.73. The molecule has 0 bridgehead atoms. The summed E-state index contributed by atoms with van der Waals surface area (Å²) < 4.78 is 0. The number of benzene rings is 4. The van der Waals surface area contributed by atoms with Crippen molar-refractivity contribution in [2.75, 3.05) is 18.5 Å². The van der Waals surface area contributed by atoms with Crippen molar-refractivity contribution in [1.29, 1.82) is 0 Å². The van der Waals surface area contributed by atoms with Crippen molar-refractivity contribution in [2.24, 2.45) is 0 Å². The third kappa shape index (κ3) is 4.55. The molecule has 0 aromatic heterocycles. The molecule has 1 aliphatic heterocycles. The van der Waals surface area contributed by atoms with Crippen molar-refractivity contribution in [2.45, 2.75) is 25.9 Å². The van der Waals surface area contributed by atoms with E-state index in [2.05, 4.69) is 120 Å². The molecule has 0 saturated carbocycles. The van der Waals surface area contributed by atoms with Crippen LogP contribution in [-0.4, -0.2) is 18.5 Å². The Labute approximate surface area is 191 Å². The molecule has 0 N–H and O–H groups in total. The highest BCUT2D eigenvalue weighted by atomic mass is 15.1. The van der Waals surface area contributed by atoms with Gasteiger partial charge in [-0.15, -0.1) is 0 Å². The van der Waals surface area contributed by atoms with E-state index in [9.17, 15) is 0 Å². The molecule has 5 rings (SSSR count). The highest BCUT2D eigenvalue weighted by molar-refractivity contribution is 5.96. The first-order chi connectivity index (χ1) is 15.8. The zero-order chi connectivity index (χ0) is 21.8. The van der Waals surface area contributed by atoms with Gasteiger partial charge in [-0.25, -0.2) is 0 Å². The van der Waals surface area contributed by atoms with E-state index in [4.69, 9.17) is 0 Å². The van der Waals surface area contributed by atoms with Crippen LogP contribution >= 0.6 is 0 Å². The highest BCUT2D eigenvalue weighted by Gasteiger charge is 2.14. The van der Waals surface area contributed by atoms with Crippen LogP contribution in [0.1, 0.15) is 29.5 Å². The van der Waals surface area contributed by atoms with Crippen LogP contribution in [0.25, 0.3) is 16.3 Å². The van der Waals surface area contributed by atoms with E-state index in [1.54, 1.807) is 0 Å². The Hall–Kier alpha value is -3.52. The Balaban J connectivity index is 1.56. The summed E-state index contributed by atoms with van der Waals surface area (Å²) in [5.74, 6) is 0. The third-order valence-electron chi connectivity index (χ3n) is 6.34. The van der Waals surface area contributed by atoms with Crippen LogP contribution in [0.15, 0.2) is 103 Å². The van der Waals surface area contributed by atoms with Gasteiger partial charge in [0, 0.05) is 38.6 Å². The summed E-state index contributed by atoms with van der Waals surface area (Å²) in [5, 5.41) is 2.65. The molecule has 0 saturated heterocycles. The van der Waals surface area contributed by atoms with Crippen LogP contribution in [0.4, 0.5) is 5.69 Å². The minimum absolute atomic E-state index is 0.884. The van der Waals surface area contributed by atoms with Gasteiger partial charge in [0.2, 0.25) is 0 Å². The Morgan fingerprint density at radius 2 is 1.44 bits per heavy atom. The number of hydrogen-bond donors (Lipinski definition) is 0. The summed E-state index contributed by atoms with van der Waals surface area (Å²) in [4.78, 5) is 4.81. The van der Waals surface area contributed by atoms with E-state index in [-0.39, 0.29) is 0 Å². The second-order valence-corrected chi connectivity index (χ2v) is 8.78. The quantitative estimate of drug-likeness (QED) is 0.329. The molecule has 160 valence electrons. The molecule has 32 heavy (non-hydrogen) atoms. The van der Waals surface area contributed by atoms with Gasteiger partial charge in [-0.3, -0.25) is 0 Å². The fourth-order valence-corrected chi connectivity index (χ4v) is 4.70. The predicted octanol–water partition coefficient (Wildman–Crippen LogP) is 7.11. The summed E-state index contributed by atoms with van der Waals surface area (Å²) in [6, 6.07) is 35.2. The molecule has 1 aliphatic rings. The van der Waals surface area contributed by atoms with Crippen LogP contribution in [0.3, 0.4) is 0 Å². The van der Waals surface area contributed by atoms with Gasteiger partial charge in [-0.1, -0.05) is 84.9 Å². The minimum atomic E-state index is 0.884. The van der Waals surface area contributed by atoms with Gasteiger partial charge < -0.3 is 9.80 Å². The molecule has 2 nitrogen and oxygen atoms in total. The van der Waals surface area contributed by atoms with Crippen LogP contribution in [0.5, 0.6) is 0 Å². The smallest absolute Gasteiger partial charge is 0.0433 e. The number of hydrogen-bond acceptors (Lipinski definition) is 2. The number of anilines is 1. The molecule has 2 heteroatoms. The van der Waals surface area contributed by atoms with Gasteiger partial charge in [0.1, 0.15) is 0 Å². The van der Waals surface area contributed by atoms with Crippen molar-refractivity contribution in [3.63, 3.8) is 0 Å². The monoisotopic (exact) mass is 418 g/mol. The van der Waals surface area contributed by atoms with Gasteiger partial charge in [0.15, 0.2) is 0 Å². The summed E-state index contributed by atoms with van der Waals surface area (Å²) >= 11 is 0. The van der Waals surface area contributed by atoms with Gasteiger partial charge in [-0.05, 0) is 58.0 Å². The lowest BCUT2D eigenvalue weighted by Gasteiger charge is -2.27. The Morgan fingerprint density at radius 1 is 0.750 bits per heavy atom. The Morgan fingerprint density at radius 3 is 2.09 bits per heavy atom. The second kappa shape index (κ2) is 9.32. The van der Waals surface area contributed by atoms with Crippen LogP contribution < -0.4 is 4.90 Å². The SMILES string of the molecule is CN1C=C(c2cccc3ccc(N(Cc4ccccc4)Cc4ccccc4)cc23)CCC1. The zero-order valence-corrected chi connectivity index (χ0v) is 18.7. The maximum atomic E-state index is 2.49. The van der Waals surface area contributed by atoms with E-state index in [1.807, 2.05) is 0 Å². The van der Waals surface area contributed by atoms with E-state index in [0.29, 0.717) is 0 Å². The van der Waals surface area contributed by atoms with Crippen LogP contribution in [0, 0.1) is 0 Å². The average molecular weight is 419 g/mol. The summed E-state index contributed by atoms with van der Waals surface area (Å²) in [6.45, 7) is 2.91. The van der Waals surface area contributed by atoms with Crippen molar-refractivity contribution < 1.29 is 0 Å².